The Bertz CT molecular complexity index is 1090. The maximum atomic E-state index is 13.6. The van der Waals surface area contributed by atoms with E-state index in [4.69, 9.17) is 9.47 Å². The van der Waals surface area contributed by atoms with E-state index in [1.54, 1.807) is 47.6 Å². The molecule has 2 aromatic carbocycles. The lowest BCUT2D eigenvalue weighted by Crippen LogP contribution is -2.44. The minimum absolute atomic E-state index is 0.0225. The summed E-state index contributed by atoms with van der Waals surface area (Å²) < 4.78 is 10.6. The highest BCUT2D eigenvalue weighted by Crippen LogP contribution is 2.20. The van der Waals surface area contributed by atoms with E-state index >= 15 is 0 Å². The first-order chi connectivity index (χ1) is 17.5. The molecule has 1 heterocycles. The number of nitrogens with zero attached hydrogens (tertiary/aromatic N) is 2. The van der Waals surface area contributed by atoms with Crippen LogP contribution in [0.3, 0.4) is 0 Å². The van der Waals surface area contributed by atoms with Gasteiger partial charge < -0.3 is 24.6 Å². The molecule has 36 heavy (non-hydrogen) atoms. The van der Waals surface area contributed by atoms with Gasteiger partial charge in [0.05, 0.1) is 13.7 Å². The van der Waals surface area contributed by atoms with E-state index in [0.29, 0.717) is 50.7 Å². The van der Waals surface area contributed by atoms with Gasteiger partial charge in [-0.05, 0) is 67.1 Å². The van der Waals surface area contributed by atoms with Gasteiger partial charge in [0.15, 0.2) is 0 Å². The molecular formula is C28H35N3O4S. The van der Waals surface area contributed by atoms with Crippen molar-refractivity contribution in [1.82, 2.24) is 9.80 Å². The van der Waals surface area contributed by atoms with E-state index in [9.17, 15) is 9.59 Å². The third kappa shape index (κ3) is 8.39. The first-order valence-corrected chi connectivity index (χ1v) is 13.0. The van der Waals surface area contributed by atoms with E-state index in [-0.39, 0.29) is 18.5 Å². The molecule has 0 atom stereocenters. The number of aryl methyl sites for hydroxylation is 1. The lowest BCUT2D eigenvalue weighted by molar-refractivity contribution is -0.133. The maximum Gasteiger partial charge on any atom is 0.322 e. The Labute approximate surface area is 217 Å². The van der Waals surface area contributed by atoms with Gasteiger partial charge >= 0.3 is 6.03 Å². The number of carbonyl (C=O) groups is 2. The van der Waals surface area contributed by atoms with Gasteiger partial charge in [-0.15, -0.1) is 11.3 Å². The number of rotatable bonds is 13. The van der Waals surface area contributed by atoms with Crippen LogP contribution >= 0.6 is 11.3 Å². The van der Waals surface area contributed by atoms with E-state index in [1.165, 1.54) is 0 Å². The zero-order chi connectivity index (χ0) is 25.8. The van der Waals surface area contributed by atoms with Crippen LogP contribution in [0, 0.1) is 6.92 Å². The van der Waals surface area contributed by atoms with Crippen molar-refractivity contribution in [2.24, 2.45) is 0 Å². The molecule has 3 aromatic rings. The Kier molecular flexibility index (Phi) is 10.8. The molecule has 0 aliphatic rings. The van der Waals surface area contributed by atoms with Crippen LogP contribution in [0.25, 0.3) is 0 Å². The molecule has 7 nitrogen and oxygen atoms in total. The molecule has 0 saturated carbocycles. The van der Waals surface area contributed by atoms with Gasteiger partial charge in [0, 0.05) is 36.9 Å². The fourth-order valence-electron chi connectivity index (χ4n) is 3.67. The Morgan fingerprint density at radius 1 is 0.972 bits per heavy atom. The molecule has 192 valence electrons. The highest BCUT2D eigenvalue weighted by atomic mass is 32.1. The molecule has 8 heteroatoms. The van der Waals surface area contributed by atoms with Gasteiger partial charge in [0.2, 0.25) is 5.91 Å². The molecular weight excluding hydrogens is 474 g/mol. The molecule has 1 aromatic heterocycles. The van der Waals surface area contributed by atoms with Crippen molar-refractivity contribution >= 4 is 29.0 Å². The molecule has 0 aliphatic carbocycles. The zero-order valence-corrected chi connectivity index (χ0v) is 22.1. The number of benzene rings is 2. The van der Waals surface area contributed by atoms with Crippen molar-refractivity contribution in [1.29, 1.82) is 0 Å². The van der Waals surface area contributed by atoms with Crippen molar-refractivity contribution in [3.05, 3.63) is 82.0 Å². The van der Waals surface area contributed by atoms with Crippen LogP contribution < -0.4 is 10.1 Å². The van der Waals surface area contributed by atoms with Crippen LogP contribution in [0.1, 0.15) is 29.3 Å². The Balaban J connectivity index is 1.74. The quantitative estimate of drug-likeness (QED) is 0.307. The lowest BCUT2D eigenvalue weighted by Gasteiger charge is -2.28. The van der Waals surface area contributed by atoms with E-state index < -0.39 is 0 Å². The molecule has 0 aliphatic heterocycles. The molecule has 0 saturated heterocycles. The van der Waals surface area contributed by atoms with Crippen LogP contribution in [-0.2, 0) is 22.6 Å². The predicted molar refractivity (Wildman–Crippen MR) is 144 cm³/mol. The van der Waals surface area contributed by atoms with Gasteiger partial charge in [-0.1, -0.05) is 30.3 Å². The van der Waals surface area contributed by atoms with Gasteiger partial charge in [0.25, 0.3) is 0 Å². The summed E-state index contributed by atoms with van der Waals surface area (Å²) in [5.74, 6) is 0.602. The number of urea groups is 1. The average Bonchev–Trinajstić information content (AvgIpc) is 3.30. The Hall–Kier alpha value is -3.36. The third-order valence-corrected chi connectivity index (χ3v) is 6.75. The molecule has 3 rings (SSSR count). The van der Waals surface area contributed by atoms with Crippen LogP contribution in [-0.4, -0.2) is 55.2 Å². The van der Waals surface area contributed by atoms with Crippen molar-refractivity contribution < 1.29 is 19.1 Å². The summed E-state index contributed by atoms with van der Waals surface area (Å²) in [7, 11) is 1.60. The number of hydrogen-bond acceptors (Lipinski definition) is 5. The molecule has 0 bridgehead atoms. The van der Waals surface area contributed by atoms with Crippen molar-refractivity contribution in [3.8, 4) is 5.75 Å². The minimum atomic E-state index is -0.322. The largest absolute Gasteiger partial charge is 0.497 e. The third-order valence-electron chi connectivity index (χ3n) is 5.75. The summed E-state index contributed by atoms with van der Waals surface area (Å²) in [6.07, 6.45) is 0.639. The Morgan fingerprint density at radius 2 is 1.72 bits per heavy atom. The SMILES string of the molecule is CCOCCCN(CC(=O)N(Cc1ccccc1)Cc1sccc1C)C(=O)Nc1ccc(OC)cc1. The van der Waals surface area contributed by atoms with Gasteiger partial charge in [0.1, 0.15) is 12.3 Å². The maximum absolute atomic E-state index is 13.6. The van der Waals surface area contributed by atoms with Crippen LogP contribution in [0.15, 0.2) is 66.0 Å². The second kappa shape index (κ2) is 14.3. The predicted octanol–water partition coefficient (Wildman–Crippen LogP) is 5.55. The standard InChI is InChI=1S/C28H35N3O4S/c1-4-35-17-8-16-30(28(33)29-24-11-13-25(34-3)14-12-24)21-27(32)31(19-23-9-6-5-7-10-23)20-26-22(2)15-18-36-26/h5-7,9-15,18H,4,8,16-17,19-21H2,1-3H3,(H,29,33). The zero-order valence-electron chi connectivity index (χ0n) is 21.2. The number of thiophene rings is 1. The summed E-state index contributed by atoms with van der Waals surface area (Å²) in [4.78, 5) is 31.3. The molecule has 1 N–H and O–H groups in total. The number of anilines is 1. The lowest BCUT2D eigenvalue weighted by atomic mass is 10.2. The van der Waals surface area contributed by atoms with Gasteiger partial charge in [-0.25, -0.2) is 4.79 Å². The van der Waals surface area contributed by atoms with Crippen molar-refractivity contribution in [2.45, 2.75) is 33.4 Å². The van der Waals surface area contributed by atoms with Crippen LogP contribution in [0.4, 0.5) is 10.5 Å². The van der Waals surface area contributed by atoms with E-state index in [1.807, 2.05) is 47.5 Å². The summed E-state index contributed by atoms with van der Waals surface area (Å²) in [5, 5.41) is 4.94. The highest BCUT2D eigenvalue weighted by molar-refractivity contribution is 7.10. The smallest absolute Gasteiger partial charge is 0.322 e. The first-order valence-electron chi connectivity index (χ1n) is 12.1. The topological polar surface area (TPSA) is 71.1 Å². The fraction of sp³-hybridized carbons (Fsp3) is 0.357. The summed E-state index contributed by atoms with van der Waals surface area (Å²) in [5.41, 5.74) is 2.85. The molecule has 0 radical (unpaired) electrons. The number of carbonyl (C=O) groups excluding carboxylic acids is 2. The van der Waals surface area contributed by atoms with Crippen LogP contribution in [0.2, 0.25) is 0 Å². The van der Waals surface area contributed by atoms with Gasteiger partial charge in [-0.2, -0.15) is 0 Å². The average molecular weight is 510 g/mol. The monoisotopic (exact) mass is 509 g/mol. The number of ether oxygens (including phenoxy) is 2. The summed E-state index contributed by atoms with van der Waals surface area (Å²) >= 11 is 1.64. The van der Waals surface area contributed by atoms with E-state index in [2.05, 4.69) is 18.3 Å². The minimum Gasteiger partial charge on any atom is -0.497 e. The molecule has 0 unspecified atom stereocenters. The number of amides is 3. The molecule has 3 amide bonds. The summed E-state index contributed by atoms with van der Waals surface area (Å²) in [6, 6.07) is 18.8. The van der Waals surface area contributed by atoms with E-state index in [0.717, 1.165) is 16.0 Å². The number of hydrogen-bond donors (Lipinski definition) is 1. The first kappa shape index (κ1) is 27.2. The molecule has 0 spiro atoms. The Morgan fingerprint density at radius 3 is 2.36 bits per heavy atom. The second-order valence-electron chi connectivity index (χ2n) is 8.39. The van der Waals surface area contributed by atoms with Crippen LogP contribution in [0.5, 0.6) is 5.75 Å². The molecule has 0 fully saturated rings. The second-order valence-corrected chi connectivity index (χ2v) is 9.39. The normalized spacial score (nSPS) is 10.6. The number of methoxy groups -OCH3 is 1. The van der Waals surface area contributed by atoms with Crippen molar-refractivity contribution in [2.75, 3.05) is 38.7 Å². The highest BCUT2D eigenvalue weighted by Gasteiger charge is 2.23. The van der Waals surface area contributed by atoms with Crippen molar-refractivity contribution in [3.63, 3.8) is 0 Å². The van der Waals surface area contributed by atoms with Gasteiger partial charge in [-0.3, -0.25) is 4.79 Å². The summed E-state index contributed by atoms with van der Waals surface area (Å²) in [6.45, 7) is 6.50. The fourth-order valence-corrected chi connectivity index (χ4v) is 4.59. The number of nitrogens with one attached hydrogen (secondary N) is 1.